The minimum atomic E-state index is 0.558. The Morgan fingerprint density at radius 1 is 0.875 bits per heavy atom. The summed E-state index contributed by atoms with van der Waals surface area (Å²) in [4.78, 5) is 0. The van der Waals surface area contributed by atoms with Gasteiger partial charge in [0.05, 0.1) is 7.11 Å². The lowest BCUT2D eigenvalue weighted by Crippen LogP contribution is -2.00. The summed E-state index contributed by atoms with van der Waals surface area (Å²) in [6.45, 7) is 1.28. The van der Waals surface area contributed by atoms with Gasteiger partial charge < -0.3 is 14.8 Å². The number of nitrogens with one attached hydrogen (secondary N) is 1. The van der Waals surface area contributed by atoms with Gasteiger partial charge in [0, 0.05) is 24.4 Å². The van der Waals surface area contributed by atoms with E-state index in [-0.39, 0.29) is 0 Å². The summed E-state index contributed by atoms with van der Waals surface area (Å²) in [6, 6.07) is 27.1. The van der Waals surface area contributed by atoms with E-state index in [0.717, 1.165) is 29.3 Å². The predicted molar refractivity (Wildman–Crippen MR) is 96.4 cm³/mol. The molecule has 0 bridgehead atoms. The van der Waals surface area contributed by atoms with Gasteiger partial charge in [-0.3, -0.25) is 0 Å². The molecule has 3 nitrogen and oxygen atoms in total. The average molecular weight is 318 g/mol. The summed E-state index contributed by atoms with van der Waals surface area (Å²) in [5.41, 5.74) is 3.24. The van der Waals surface area contributed by atoms with E-state index in [0.29, 0.717) is 6.61 Å². The maximum atomic E-state index is 5.84. The van der Waals surface area contributed by atoms with Crippen LogP contribution in [0.15, 0.2) is 72.8 Å². The van der Waals surface area contributed by atoms with E-state index in [4.69, 9.17) is 9.47 Å². The van der Waals surface area contributed by atoms with E-state index < -0.39 is 0 Å². The summed E-state index contributed by atoms with van der Waals surface area (Å²) < 4.78 is 11.0. The minimum absolute atomic E-state index is 0.558. The fraction of sp³-hybridized carbons (Fsp3) is 0.143. The topological polar surface area (TPSA) is 30.5 Å². The lowest BCUT2D eigenvalue weighted by Gasteiger charge is -2.10. The van der Waals surface area contributed by atoms with E-state index in [1.54, 1.807) is 7.11 Å². The predicted octanol–water partition coefficient (Wildman–Crippen LogP) is 4.69. The molecule has 0 saturated carbocycles. The van der Waals surface area contributed by atoms with Crippen molar-refractivity contribution in [3.63, 3.8) is 0 Å². The molecule has 0 aromatic heterocycles. The minimum Gasteiger partial charge on any atom is -0.497 e. The van der Waals surface area contributed by atoms with Gasteiger partial charge in [-0.15, -0.1) is 0 Å². The summed E-state index contributed by atoms with van der Waals surface area (Å²) in [6.07, 6.45) is 0. The molecule has 0 aliphatic carbocycles. The molecule has 0 saturated heterocycles. The number of methoxy groups -OCH3 is 1. The molecular formula is C21H20NO2. The van der Waals surface area contributed by atoms with Crippen LogP contribution in [0.4, 0.5) is 5.69 Å². The molecule has 3 aromatic carbocycles. The Morgan fingerprint density at radius 2 is 1.67 bits per heavy atom. The molecule has 0 spiro atoms. The molecule has 121 valence electrons. The third-order valence-electron chi connectivity index (χ3n) is 3.66. The number of rotatable bonds is 7. The highest BCUT2D eigenvalue weighted by Gasteiger charge is 2.00. The van der Waals surface area contributed by atoms with Gasteiger partial charge in [0.1, 0.15) is 18.1 Å². The number of hydrogen-bond acceptors (Lipinski definition) is 3. The molecule has 24 heavy (non-hydrogen) atoms. The van der Waals surface area contributed by atoms with Gasteiger partial charge in [-0.2, -0.15) is 0 Å². The third kappa shape index (κ3) is 4.53. The standard InChI is InChI=1S/C21H20NO2/c1-23-20-12-10-17(11-13-20)15-22-19-8-5-9-21(14-19)24-16-18-6-3-2-4-7-18/h2-7,9-14,22H,15-16H2,1H3. The van der Waals surface area contributed by atoms with E-state index in [1.165, 1.54) is 5.56 Å². The van der Waals surface area contributed by atoms with Crippen molar-refractivity contribution in [1.82, 2.24) is 0 Å². The van der Waals surface area contributed by atoms with Crippen LogP contribution in [0.2, 0.25) is 0 Å². The Balaban J connectivity index is 1.56. The number of ether oxygens (including phenoxy) is 2. The fourth-order valence-corrected chi connectivity index (χ4v) is 2.32. The molecule has 0 aliphatic rings. The first-order valence-electron chi connectivity index (χ1n) is 7.89. The normalized spacial score (nSPS) is 10.2. The van der Waals surface area contributed by atoms with E-state index in [2.05, 4.69) is 23.5 Å². The Bertz CT molecular complexity index is 754. The number of hydrogen-bond donors (Lipinski definition) is 1. The van der Waals surface area contributed by atoms with E-state index >= 15 is 0 Å². The van der Waals surface area contributed by atoms with Crippen molar-refractivity contribution in [2.75, 3.05) is 12.4 Å². The quantitative estimate of drug-likeness (QED) is 0.686. The zero-order valence-electron chi connectivity index (χ0n) is 13.7. The van der Waals surface area contributed by atoms with Crippen LogP contribution < -0.4 is 14.8 Å². The van der Waals surface area contributed by atoms with Crippen LogP contribution >= 0.6 is 0 Å². The van der Waals surface area contributed by atoms with Crippen LogP contribution in [-0.4, -0.2) is 7.11 Å². The molecule has 1 N–H and O–H groups in total. The smallest absolute Gasteiger partial charge is 0.121 e. The molecule has 3 rings (SSSR count). The second-order valence-electron chi connectivity index (χ2n) is 5.41. The summed E-state index contributed by atoms with van der Waals surface area (Å²) in [7, 11) is 1.67. The Kier molecular flexibility index (Phi) is 5.36. The Hall–Kier alpha value is -2.94. The van der Waals surface area contributed by atoms with Crippen LogP contribution in [0.25, 0.3) is 0 Å². The molecule has 0 aliphatic heterocycles. The second-order valence-corrected chi connectivity index (χ2v) is 5.41. The molecule has 3 aromatic rings. The highest BCUT2D eigenvalue weighted by Crippen LogP contribution is 2.19. The zero-order chi connectivity index (χ0) is 16.6. The second kappa shape index (κ2) is 8.06. The average Bonchev–Trinajstić information content (AvgIpc) is 2.66. The molecule has 0 heterocycles. The van der Waals surface area contributed by atoms with Crippen molar-refractivity contribution in [2.24, 2.45) is 0 Å². The Morgan fingerprint density at radius 3 is 2.42 bits per heavy atom. The summed E-state index contributed by atoms with van der Waals surface area (Å²) in [5, 5.41) is 3.36. The van der Waals surface area contributed by atoms with Gasteiger partial charge in [-0.05, 0) is 35.4 Å². The van der Waals surface area contributed by atoms with Gasteiger partial charge >= 0.3 is 0 Å². The largest absolute Gasteiger partial charge is 0.497 e. The highest BCUT2D eigenvalue weighted by atomic mass is 16.5. The maximum absolute atomic E-state index is 5.84. The summed E-state index contributed by atoms with van der Waals surface area (Å²) >= 11 is 0. The van der Waals surface area contributed by atoms with Gasteiger partial charge in [-0.1, -0.05) is 42.5 Å². The van der Waals surface area contributed by atoms with Crippen molar-refractivity contribution in [3.8, 4) is 11.5 Å². The van der Waals surface area contributed by atoms with Crippen LogP contribution in [0.1, 0.15) is 11.1 Å². The van der Waals surface area contributed by atoms with Crippen molar-refractivity contribution < 1.29 is 9.47 Å². The van der Waals surface area contributed by atoms with Crippen LogP contribution in [0.5, 0.6) is 11.5 Å². The van der Waals surface area contributed by atoms with E-state index in [9.17, 15) is 0 Å². The number of anilines is 1. The van der Waals surface area contributed by atoms with Crippen molar-refractivity contribution in [3.05, 3.63) is 90.0 Å². The maximum Gasteiger partial charge on any atom is 0.121 e. The van der Waals surface area contributed by atoms with Crippen molar-refractivity contribution in [1.29, 1.82) is 0 Å². The lowest BCUT2D eigenvalue weighted by molar-refractivity contribution is 0.306. The van der Waals surface area contributed by atoms with Crippen LogP contribution in [0.3, 0.4) is 0 Å². The fourth-order valence-electron chi connectivity index (χ4n) is 2.32. The van der Waals surface area contributed by atoms with Gasteiger partial charge in [0.25, 0.3) is 0 Å². The molecule has 0 atom stereocenters. The first-order valence-corrected chi connectivity index (χ1v) is 7.89. The zero-order valence-corrected chi connectivity index (χ0v) is 13.7. The molecule has 0 unspecified atom stereocenters. The molecular weight excluding hydrogens is 298 g/mol. The lowest BCUT2D eigenvalue weighted by atomic mass is 10.2. The molecule has 1 radical (unpaired) electrons. The van der Waals surface area contributed by atoms with Crippen molar-refractivity contribution >= 4 is 5.69 Å². The van der Waals surface area contributed by atoms with Gasteiger partial charge in [0.15, 0.2) is 0 Å². The number of benzene rings is 3. The highest BCUT2D eigenvalue weighted by molar-refractivity contribution is 5.47. The summed E-state index contributed by atoms with van der Waals surface area (Å²) in [5.74, 6) is 1.69. The van der Waals surface area contributed by atoms with Gasteiger partial charge in [-0.25, -0.2) is 0 Å². The van der Waals surface area contributed by atoms with Crippen molar-refractivity contribution in [2.45, 2.75) is 13.2 Å². The van der Waals surface area contributed by atoms with Crippen LogP contribution in [-0.2, 0) is 13.2 Å². The first kappa shape index (κ1) is 15.9. The third-order valence-corrected chi connectivity index (χ3v) is 3.66. The Labute approximate surface area is 142 Å². The molecule has 0 fully saturated rings. The molecule has 3 heteroatoms. The first-order chi connectivity index (χ1) is 11.8. The monoisotopic (exact) mass is 318 g/mol. The van der Waals surface area contributed by atoms with Crippen LogP contribution in [0, 0.1) is 6.07 Å². The van der Waals surface area contributed by atoms with E-state index in [1.807, 2.05) is 60.7 Å². The van der Waals surface area contributed by atoms with Gasteiger partial charge in [0.2, 0.25) is 0 Å². The SMILES string of the molecule is COc1ccc(CNc2[c]ccc(OCc3ccccc3)c2)cc1. The molecule has 0 amide bonds.